The van der Waals surface area contributed by atoms with Crippen molar-refractivity contribution >= 4 is 27.7 Å². The maximum atomic E-state index is 5.69. The van der Waals surface area contributed by atoms with E-state index in [9.17, 15) is 0 Å². The average molecular weight is 351 g/mol. The van der Waals surface area contributed by atoms with Gasteiger partial charge in [-0.25, -0.2) is 0 Å². The fourth-order valence-electron chi connectivity index (χ4n) is 2.02. The number of nitrogens with two attached hydrogens (primary N) is 1. The van der Waals surface area contributed by atoms with E-state index < -0.39 is 0 Å². The molecule has 20 heavy (non-hydrogen) atoms. The van der Waals surface area contributed by atoms with E-state index in [0.717, 1.165) is 16.6 Å². The topological polar surface area (TPSA) is 38.0 Å². The molecule has 3 N–H and O–H groups in total. The van der Waals surface area contributed by atoms with Crippen molar-refractivity contribution in [3.8, 4) is 0 Å². The van der Waals surface area contributed by atoms with Gasteiger partial charge in [-0.2, -0.15) is 0 Å². The van der Waals surface area contributed by atoms with Gasteiger partial charge < -0.3 is 0 Å². The first-order chi connectivity index (χ1) is 9.69. The molecule has 0 aromatic heterocycles. The van der Waals surface area contributed by atoms with Gasteiger partial charge in [0.05, 0.1) is 0 Å². The highest BCUT2D eigenvalue weighted by Crippen LogP contribution is 2.23. The first kappa shape index (κ1) is 15.6. The average Bonchev–Trinajstić information content (AvgIpc) is 2.45. The van der Waals surface area contributed by atoms with E-state index in [1.54, 1.807) is 0 Å². The van der Waals surface area contributed by atoms with Crippen LogP contribution in [0, 0.1) is 6.92 Å². The molecule has 0 amide bonds. The van der Waals surface area contributed by atoms with Gasteiger partial charge in [0.1, 0.15) is 0 Å². The van der Waals surface area contributed by atoms with Crippen molar-refractivity contribution in [1.82, 2.24) is 5.43 Å². The van der Waals surface area contributed by atoms with Crippen LogP contribution in [0.15, 0.2) is 57.9 Å². The number of rotatable bonds is 6. The lowest BCUT2D eigenvalue weighted by Crippen LogP contribution is -2.38. The molecular formula is C16H19BrN2S. The van der Waals surface area contributed by atoms with Gasteiger partial charge in [0.2, 0.25) is 0 Å². The molecule has 4 heteroatoms. The molecule has 0 aliphatic heterocycles. The summed E-state index contributed by atoms with van der Waals surface area (Å²) in [5, 5.41) is 0. The smallest absolute Gasteiger partial charge is 0.0344 e. The third-order valence-electron chi connectivity index (χ3n) is 3.14. The van der Waals surface area contributed by atoms with Gasteiger partial charge in [0.15, 0.2) is 0 Å². The van der Waals surface area contributed by atoms with Gasteiger partial charge in [-0.3, -0.25) is 11.3 Å². The number of nitrogens with one attached hydrogen (secondary N) is 1. The number of benzene rings is 2. The molecule has 2 aromatic rings. The summed E-state index contributed by atoms with van der Waals surface area (Å²) in [5.41, 5.74) is 5.52. The third kappa shape index (κ3) is 4.63. The van der Waals surface area contributed by atoms with Crippen molar-refractivity contribution in [3.05, 3.63) is 64.1 Å². The minimum absolute atomic E-state index is 0.258. The fourth-order valence-corrected chi connectivity index (χ4v) is 3.54. The van der Waals surface area contributed by atoms with E-state index in [0.29, 0.717) is 0 Å². The lowest BCUT2D eigenvalue weighted by molar-refractivity contribution is 0.575. The Bertz CT molecular complexity index is 560. The highest BCUT2D eigenvalue weighted by molar-refractivity contribution is 9.10. The molecule has 0 fully saturated rings. The molecule has 0 radical (unpaired) electrons. The van der Waals surface area contributed by atoms with E-state index in [2.05, 4.69) is 70.7 Å². The second-order valence-electron chi connectivity index (χ2n) is 4.77. The summed E-state index contributed by atoms with van der Waals surface area (Å²) in [6.45, 7) is 2.14. The summed E-state index contributed by atoms with van der Waals surface area (Å²) in [6.07, 6.45) is 0.925. The molecule has 0 aliphatic carbocycles. The molecule has 0 saturated heterocycles. The van der Waals surface area contributed by atoms with Gasteiger partial charge in [-0.1, -0.05) is 46.3 Å². The van der Waals surface area contributed by atoms with E-state index >= 15 is 0 Å². The fraction of sp³-hybridized carbons (Fsp3) is 0.250. The van der Waals surface area contributed by atoms with Crippen molar-refractivity contribution in [2.75, 3.05) is 5.75 Å². The Morgan fingerprint density at radius 1 is 1.20 bits per heavy atom. The molecule has 2 aromatic carbocycles. The van der Waals surface area contributed by atoms with Crippen LogP contribution in [0.25, 0.3) is 0 Å². The Labute approximate surface area is 133 Å². The van der Waals surface area contributed by atoms with E-state index in [4.69, 9.17) is 5.84 Å². The SMILES string of the molecule is Cc1ccccc1SCC(Cc1cccc(Br)c1)NN. The second kappa shape index (κ2) is 7.84. The van der Waals surface area contributed by atoms with Gasteiger partial charge in [-0.15, -0.1) is 11.8 Å². The van der Waals surface area contributed by atoms with Crippen molar-refractivity contribution in [2.45, 2.75) is 24.3 Å². The molecule has 2 rings (SSSR count). The zero-order valence-corrected chi connectivity index (χ0v) is 13.9. The number of hydrazine groups is 1. The summed E-state index contributed by atoms with van der Waals surface area (Å²) in [5.74, 6) is 6.64. The van der Waals surface area contributed by atoms with Crippen LogP contribution in [0.3, 0.4) is 0 Å². The zero-order chi connectivity index (χ0) is 14.4. The Hall–Kier alpha value is -0.810. The van der Waals surface area contributed by atoms with Crippen LogP contribution in [-0.4, -0.2) is 11.8 Å². The largest absolute Gasteiger partial charge is 0.271 e. The number of thioether (sulfide) groups is 1. The molecular weight excluding hydrogens is 332 g/mol. The molecule has 106 valence electrons. The minimum atomic E-state index is 0.258. The number of halogens is 1. The molecule has 0 bridgehead atoms. The lowest BCUT2D eigenvalue weighted by atomic mass is 10.1. The highest BCUT2D eigenvalue weighted by atomic mass is 79.9. The molecule has 0 spiro atoms. The maximum Gasteiger partial charge on any atom is 0.0344 e. The van der Waals surface area contributed by atoms with Crippen molar-refractivity contribution < 1.29 is 0 Å². The predicted molar refractivity (Wildman–Crippen MR) is 90.9 cm³/mol. The van der Waals surface area contributed by atoms with Crippen LogP contribution >= 0.6 is 27.7 Å². The zero-order valence-electron chi connectivity index (χ0n) is 11.5. The Morgan fingerprint density at radius 2 is 2.00 bits per heavy atom. The lowest BCUT2D eigenvalue weighted by Gasteiger charge is -2.16. The maximum absolute atomic E-state index is 5.69. The standard InChI is InChI=1S/C16H19BrN2S/c1-12-5-2-3-8-16(12)20-11-15(19-18)10-13-6-4-7-14(17)9-13/h2-9,15,19H,10-11,18H2,1H3. The summed E-state index contributed by atoms with van der Waals surface area (Å²) in [4.78, 5) is 1.32. The van der Waals surface area contributed by atoms with Crippen molar-refractivity contribution in [3.63, 3.8) is 0 Å². The van der Waals surface area contributed by atoms with Crippen molar-refractivity contribution in [2.24, 2.45) is 5.84 Å². The minimum Gasteiger partial charge on any atom is -0.271 e. The predicted octanol–water partition coefficient (Wildman–Crippen LogP) is 3.92. The molecule has 0 heterocycles. The highest BCUT2D eigenvalue weighted by Gasteiger charge is 2.09. The third-order valence-corrected chi connectivity index (χ3v) is 4.97. The van der Waals surface area contributed by atoms with Crippen LogP contribution < -0.4 is 11.3 Å². The van der Waals surface area contributed by atoms with Gasteiger partial charge in [0, 0.05) is 21.2 Å². The summed E-state index contributed by atoms with van der Waals surface area (Å²) < 4.78 is 1.11. The van der Waals surface area contributed by atoms with Crippen molar-refractivity contribution in [1.29, 1.82) is 0 Å². The number of aryl methyl sites for hydroxylation is 1. The van der Waals surface area contributed by atoms with Crippen LogP contribution in [0.4, 0.5) is 0 Å². The van der Waals surface area contributed by atoms with E-state index in [-0.39, 0.29) is 6.04 Å². The van der Waals surface area contributed by atoms with Gasteiger partial charge in [-0.05, 0) is 42.7 Å². The monoisotopic (exact) mass is 350 g/mol. The number of hydrogen-bond acceptors (Lipinski definition) is 3. The van der Waals surface area contributed by atoms with Crippen LogP contribution in [0.5, 0.6) is 0 Å². The van der Waals surface area contributed by atoms with Crippen LogP contribution in [-0.2, 0) is 6.42 Å². The van der Waals surface area contributed by atoms with Gasteiger partial charge in [0.25, 0.3) is 0 Å². The molecule has 1 unspecified atom stereocenters. The molecule has 0 saturated carbocycles. The quantitative estimate of drug-likeness (QED) is 0.471. The second-order valence-corrected chi connectivity index (χ2v) is 6.75. The van der Waals surface area contributed by atoms with E-state index in [1.165, 1.54) is 16.0 Å². The Morgan fingerprint density at radius 3 is 2.70 bits per heavy atom. The van der Waals surface area contributed by atoms with Gasteiger partial charge >= 0.3 is 0 Å². The summed E-state index contributed by atoms with van der Waals surface area (Å²) in [6, 6.07) is 17.1. The van der Waals surface area contributed by atoms with Crippen LogP contribution in [0.1, 0.15) is 11.1 Å². The van der Waals surface area contributed by atoms with E-state index in [1.807, 2.05) is 17.8 Å². The first-order valence-electron chi connectivity index (χ1n) is 6.58. The summed E-state index contributed by atoms with van der Waals surface area (Å²) in [7, 11) is 0. The Kier molecular flexibility index (Phi) is 6.10. The number of hydrogen-bond donors (Lipinski definition) is 2. The molecule has 2 nitrogen and oxygen atoms in total. The molecule has 1 atom stereocenters. The first-order valence-corrected chi connectivity index (χ1v) is 8.36. The Balaban J connectivity index is 1.94. The van der Waals surface area contributed by atoms with Crippen LogP contribution in [0.2, 0.25) is 0 Å². The molecule has 0 aliphatic rings. The normalized spacial score (nSPS) is 12.3. The summed E-state index contributed by atoms with van der Waals surface area (Å²) >= 11 is 5.35.